The van der Waals surface area contributed by atoms with E-state index in [2.05, 4.69) is 32.1 Å². The Labute approximate surface area is 81.0 Å². The van der Waals surface area contributed by atoms with Gasteiger partial charge in [-0.3, -0.25) is 0 Å². The molecule has 0 bridgehead atoms. The van der Waals surface area contributed by atoms with Crippen LogP contribution in [0, 0.1) is 5.92 Å². The van der Waals surface area contributed by atoms with Crippen molar-refractivity contribution in [1.82, 2.24) is 0 Å². The van der Waals surface area contributed by atoms with Crippen LogP contribution >= 0.6 is 0 Å². The Morgan fingerprint density at radius 2 is 2.15 bits per heavy atom. The number of allylic oxidation sites excluding steroid dienone is 6. The minimum Gasteiger partial charge on any atom is -0.0839 e. The summed E-state index contributed by atoms with van der Waals surface area (Å²) in [6.07, 6.45) is 12.1. The third kappa shape index (κ3) is 1.77. The smallest absolute Gasteiger partial charge is 0.00950 e. The fourth-order valence-electron chi connectivity index (χ4n) is 2.18. The van der Waals surface area contributed by atoms with Gasteiger partial charge in [-0.15, -0.1) is 0 Å². The molecule has 0 spiro atoms. The lowest BCUT2D eigenvalue weighted by atomic mass is 9.82. The molecule has 0 fully saturated rings. The summed E-state index contributed by atoms with van der Waals surface area (Å²) in [5.74, 6) is 0.736. The summed E-state index contributed by atoms with van der Waals surface area (Å²) in [6, 6.07) is 0. The normalized spacial score (nSPS) is 21.9. The standard InChI is InChI=1S/C13H18/c1-10(2)12-8-7-11-5-3-4-6-13(11)9-12/h3,5,8,10H,4,6-7,9H2,1-2H3. The Morgan fingerprint density at radius 1 is 1.31 bits per heavy atom. The van der Waals surface area contributed by atoms with Crippen molar-refractivity contribution in [1.29, 1.82) is 0 Å². The van der Waals surface area contributed by atoms with E-state index in [9.17, 15) is 0 Å². The van der Waals surface area contributed by atoms with Crippen LogP contribution in [-0.4, -0.2) is 0 Å². The summed E-state index contributed by atoms with van der Waals surface area (Å²) in [6.45, 7) is 4.60. The molecule has 2 aliphatic rings. The van der Waals surface area contributed by atoms with Gasteiger partial charge in [-0.1, -0.05) is 43.2 Å². The topological polar surface area (TPSA) is 0 Å². The fraction of sp³-hybridized carbons (Fsp3) is 0.538. The summed E-state index contributed by atoms with van der Waals surface area (Å²) >= 11 is 0. The second kappa shape index (κ2) is 3.53. The van der Waals surface area contributed by atoms with Crippen LogP contribution in [0.15, 0.2) is 34.9 Å². The lowest BCUT2D eigenvalue weighted by molar-refractivity contribution is 0.704. The molecule has 0 heterocycles. The molecule has 70 valence electrons. The molecule has 2 rings (SSSR count). The van der Waals surface area contributed by atoms with Crippen molar-refractivity contribution in [2.45, 2.75) is 39.5 Å². The highest BCUT2D eigenvalue weighted by molar-refractivity contribution is 5.38. The van der Waals surface area contributed by atoms with Gasteiger partial charge in [0.15, 0.2) is 0 Å². The highest BCUT2D eigenvalue weighted by atomic mass is 14.2. The summed E-state index contributed by atoms with van der Waals surface area (Å²) < 4.78 is 0. The van der Waals surface area contributed by atoms with E-state index in [1.54, 1.807) is 16.7 Å². The Kier molecular flexibility index (Phi) is 2.39. The van der Waals surface area contributed by atoms with Gasteiger partial charge in [0.25, 0.3) is 0 Å². The highest BCUT2D eigenvalue weighted by Crippen LogP contribution is 2.34. The van der Waals surface area contributed by atoms with Crippen molar-refractivity contribution < 1.29 is 0 Å². The van der Waals surface area contributed by atoms with Gasteiger partial charge in [-0.2, -0.15) is 0 Å². The monoisotopic (exact) mass is 174 g/mol. The first kappa shape index (κ1) is 8.80. The highest BCUT2D eigenvalue weighted by Gasteiger charge is 2.15. The summed E-state index contributed by atoms with van der Waals surface area (Å²) in [5.41, 5.74) is 4.94. The maximum Gasteiger partial charge on any atom is -0.00950 e. The van der Waals surface area contributed by atoms with E-state index in [0.717, 1.165) is 5.92 Å². The van der Waals surface area contributed by atoms with Crippen molar-refractivity contribution in [2.75, 3.05) is 0 Å². The van der Waals surface area contributed by atoms with Crippen LogP contribution in [0.3, 0.4) is 0 Å². The molecule has 0 nitrogen and oxygen atoms in total. The van der Waals surface area contributed by atoms with Gasteiger partial charge in [0.2, 0.25) is 0 Å². The van der Waals surface area contributed by atoms with E-state index in [1.807, 2.05) is 0 Å². The summed E-state index contributed by atoms with van der Waals surface area (Å²) in [7, 11) is 0. The molecule has 0 amide bonds. The fourth-order valence-corrected chi connectivity index (χ4v) is 2.18. The van der Waals surface area contributed by atoms with E-state index in [4.69, 9.17) is 0 Å². The van der Waals surface area contributed by atoms with E-state index < -0.39 is 0 Å². The Morgan fingerprint density at radius 3 is 2.92 bits per heavy atom. The van der Waals surface area contributed by atoms with Crippen LogP contribution in [0.5, 0.6) is 0 Å². The van der Waals surface area contributed by atoms with Crippen LogP contribution in [0.1, 0.15) is 39.5 Å². The molecule has 0 saturated heterocycles. The van der Waals surface area contributed by atoms with Gasteiger partial charge >= 0.3 is 0 Å². The Balaban J connectivity index is 2.14. The molecule has 2 aliphatic carbocycles. The minimum atomic E-state index is 0.736. The quantitative estimate of drug-likeness (QED) is 0.527. The molecule has 0 aromatic heterocycles. The zero-order valence-corrected chi connectivity index (χ0v) is 8.64. The molecule has 0 radical (unpaired) electrons. The lowest BCUT2D eigenvalue weighted by Crippen LogP contribution is -2.05. The van der Waals surface area contributed by atoms with Gasteiger partial charge in [-0.25, -0.2) is 0 Å². The predicted molar refractivity (Wildman–Crippen MR) is 57.6 cm³/mol. The molecule has 0 N–H and O–H groups in total. The van der Waals surface area contributed by atoms with Gasteiger partial charge < -0.3 is 0 Å². The molecule has 0 unspecified atom stereocenters. The lowest BCUT2D eigenvalue weighted by Gasteiger charge is -2.23. The summed E-state index contributed by atoms with van der Waals surface area (Å²) in [4.78, 5) is 0. The van der Waals surface area contributed by atoms with Crippen LogP contribution in [0.25, 0.3) is 0 Å². The first-order chi connectivity index (χ1) is 6.27. The van der Waals surface area contributed by atoms with E-state index in [0.29, 0.717) is 0 Å². The molecule has 0 saturated carbocycles. The number of hydrogen-bond acceptors (Lipinski definition) is 0. The average molecular weight is 174 g/mol. The Hall–Kier alpha value is -0.780. The van der Waals surface area contributed by atoms with Crippen molar-refractivity contribution in [2.24, 2.45) is 5.92 Å². The van der Waals surface area contributed by atoms with Crippen LogP contribution in [0.4, 0.5) is 0 Å². The second-order valence-corrected chi connectivity index (χ2v) is 4.38. The second-order valence-electron chi connectivity index (χ2n) is 4.38. The molecule has 0 heteroatoms. The van der Waals surface area contributed by atoms with Crippen molar-refractivity contribution in [3.63, 3.8) is 0 Å². The van der Waals surface area contributed by atoms with Crippen molar-refractivity contribution in [3.8, 4) is 0 Å². The van der Waals surface area contributed by atoms with E-state index in [-0.39, 0.29) is 0 Å². The number of rotatable bonds is 1. The molecule has 0 aliphatic heterocycles. The maximum absolute atomic E-state index is 2.43. The first-order valence-electron chi connectivity index (χ1n) is 5.33. The third-order valence-corrected chi connectivity index (χ3v) is 3.13. The van der Waals surface area contributed by atoms with Crippen molar-refractivity contribution >= 4 is 0 Å². The third-order valence-electron chi connectivity index (χ3n) is 3.13. The van der Waals surface area contributed by atoms with Crippen LogP contribution < -0.4 is 0 Å². The molecule has 13 heavy (non-hydrogen) atoms. The first-order valence-corrected chi connectivity index (χ1v) is 5.33. The van der Waals surface area contributed by atoms with Crippen LogP contribution in [0.2, 0.25) is 0 Å². The zero-order valence-electron chi connectivity index (χ0n) is 8.64. The Bertz CT molecular complexity index is 287. The minimum absolute atomic E-state index is 0.736. The van der Waals surface area contributed by atoms with E-state index >= 15 is 0 Å². The molecule has 0 aromatic rings. The maximum atomic E-state index is 2.43. The summed E-state index contributed by atoms with van der Waals surface area (Å²) in [5, 5.41) is 0. The average Bonchev–Trinajstić information content (AvgIpc) is 2.17. The molecule has 0 aromatic carbocycles. The van der Waals surface area contributed by atoms with Gasteiger partial charge in [0, 0.05) is 0 Å². The van der Waals surface area contributed by atoms with E-state index in [1.165, 1.54) is 25.7 Å². The van der Waals surface area contributed by atoms with Gasteiger partial charge in [0.1, 0.15) is 0 Å². The van der Waals surface area contributed by atoms with Crippen LogP contribution in [-0.2, 0) is 0 Å². The zero-order chi connectivity index (χ0) is 9.26. The van der Waals surface area contributed by atoms with Crippen molar-refractivity contribution in [3.05, 3.63) is 34.9 Å². The number of hydrogen-bond donors (Lipinski definition) is 0. The van der Waals surface area contributed by atoms with Gasteiger partial charge in [-0.05, 0) is 37.2 Å². The SMILES string of the molecule is CC(C)C1=CCC2=C(CCC=C2)C1. The molecular weight excluding hydrogens is 156 g/mol. The molecule has 0 atom stereocenters. The van der Waals surface area contributed by atoms with Gasteiger partial charge in [0.05, 0.1) is 0 Å². The predicted octanol–water partition coefficient (Wildman–Crippen LogP) is 4.01. The largest absolute Gasteiger partial charge is 0.0839 e. The molecular formula is C13H18.